The Kier molecular flexibility index (Phi) is 66.1. The third kappa shape index (κ3) is 45.2. The summed E-state index contributed by atoms with van der Waals surface area (Å²) in [6.45, 7) is 7.19. The third-order valence-electron chi connectivity index (χ3n) is 25.0. The molecule has 6 aliphatic rings. The summed E-state index contributed by atoms with van der Waals surface area (Å²) in [6, 6.07) is 0. The number of allylic oxidation sites excluding steroid dienone is 5. The van der Waals surface area contributed by atoms with E-state index in [9.17, 15) is 111 Å². The molecule has 133 heavy (non-hydrogen) atoms. The molecule has 0 spiro atoms. The first kappa shape index (κ1) is 123. The fraction of sp³-hybridized carbons (Fsp3) is 0.896. The van der Waals surface area contributed by atoms with E-state index in [4.69, 9.17) is 71.8 Å². The van der Waals surface area contributed by atoms with Crippen molar-refractivity contribution < 1.29 is 183 Å². The zero-order chi connectivity index (χ0) is 97.5. The summed E-state index contributed by atoms with van der Waals surface area (Å²) in [7, 11) is 0. The predicted octanol–water partition coefficient (Wildman–Crippen LogP) is 4.76. The fourth-order valence-corrected chi connectivity index (χ4v) is 16.8. The molecule has 6 heterocycles. The molecule has 14 unspecified atom stereocenters. The van der Waals surface area contributed by atoms with E-state index in [2.05, 4.69) is 43.4 Å². The summed E-state index contributed by atoms with van der Waals surface area (Å²) < 4.78 is 71.6. The van der Waals surface area contributed by atoms with Crippen LogP contribution in [0.25, 0.3) is 0 Å². The molecule has 0 amide bonds. The van der Waals surface area contributed by atoms with Crippen LogP contribution >= 0.6 is 0 Å². The topological polar surface area (TPSA) is 593 Å². The second kappa shape index (κ2) is 71.4. The minimum atomic E-state index is -1.71. The molecule has 0 aromatic rings. The quantitative estimate of drug-likeness (QED) is 0.0169. The number of hydrogen-bond acceptors (Lipinski definition) is 37. The third-order valence-corrected chi connectivity index (χ3v) is 25.0. The van der Waals surface area contributed by atoms with Crippen molar-refractivity contribution in [1.82, 2.24) is 0 Å². The van der Waals surface area contributed by atoms with Crippen LogP contribution in [0.2, 0.25) is 0 Å². The number of ether oxygens (including phenoxy) is 13. The molecule has 0 aromatic carbocycles. The van der Waals surface area contributed by atoms with Crippen LogP contribution in [0.3, 0.4) is 0 Å². The number of aliphatic hydroxyl groups is 20. The highest BCUT2D eigenvalue weighted by Crippen LogP contribution is 2.36. The van der Waals surface area contributed by atoms with Crippen molar-refractivity contribution in [2.45, 2.75) is 489 Å². The van der Waals surface area contributed by atoms with Gasteiger partial charge in [-0.05, 0) is 130 Å². The molecule has 6 aliphatic heterocycles. The molecule has 0 aromatic heterocycles. The van der Waals surface area contributed by atoms with Gasteiger partial charge in [-0.25, -0.2) is 0 Å². The van der Waals surface area contributed by atoms with Crippen LogP contribution < -0.4 is 0 Å². The Morgan fingerprint density at radius 2 is 0.579 bits per heavy atom. The van der Waals surface area contributed by atoms with Gasteiger partial charge in [0.05, 0.1) is 57.5 Å². The summed E-state index contributed by atoms with van der Waals surface area (Å²) in [6.07, 6.45) is 10.3. The predicted molar refractivity (Wildman–Crippen MR) is 487 cm³/mol. The van der Waals surface area contributed by atoms with Gasteiger partial charge in [-0.1, -0.05) is 179 Å². The van der Waals surface area contributed by atoms with Crippen LogP contribution in [0, 0.1) is 5.92 Å². The number of carbonyl (C=O) groups is 4. The van der Waals surface area contributed by atoms with Crippen LogP contribution in [0.15, 0.2) is 36.5 Å². The fourth-order valence-electron chi connectivity index (χ4n) is 16.8. The van der Waals surface area contributed by atoms with Gasteiger partial charge in [0.2, 0.25) is 0 Å². The lowest BCUT2D eigenvalue weighted by Crippen LogP contribution is -2.64. The minimum Gasteiger partial charge on any atom is -0.463 e. The molecule has 6 fully saturated rings. The smallest absolute Gasteiger partial charge is 0.306 e. The van der Waals surface area contributed by atoms with Gasteiger partial charge in [-0.3, -0.25) is 19.2 Å². The highest BCUT2D eigenvalue weighted by atomic mass is 16.8. The van der Waals surface area contributed by atoms with Crippen LogP contribution in [0.5, 0.6) is 0 Å². The van der Waals surface area contributed by atoms with Crippen molar-refractivity contribution >= 4 is 23.9 Å². The van der Waals surface area contributed by atoms with Gasteiger partial charge in [0.1, 0.15) is 135 Å². The van der Waals surface area contributed by atoms with Crippen LogP contribution in [-0.2, 0) is 80.8 Å². The SMILES string of the molecule is C.CC(=O)OCC1O[C@@H](OC2[C@H](C)OC(CO)[C@@H](O)[C@@H]2O)C(O)[C@@H](O)[C@@H]1OC(=O)CCCCCCC/C=C/CCCCCCCCO.CCCCCC(/C=C/CCCCCCCC(=O)O[C@@H]1C(CO)O[C@@H](OC2[C@H](C)OC(CO)[C@@H](O)[C@@H]2O)C(O)[C@H]1O)C(C)O.C[C@@H]1OC(CO)[C@@H](O)[C@H](O)C1O[C@@H]1OC(CO)[C@@H](OC(=O)CCCCCCC/C=C/CCCCCCCCO)[C@H](O)C1O. The zero-order valence-electron chi connectivity index (χ0n) is 79.1. The lowest BCUT2D eigenvalue weighted by atomic mass is 9.95. The lowest BCUT2D eigenvalue weighted by Gasteiger charge is -2.46. The van der Waals surface area contributed by atoms with Gasteiger partial charge in [-0.2, -0.15) is 0 Å². The minimum absolute atomic E-state index is 0. The highest BCUT2D eigenvalue weighted by molar-refractivity contribution is 5.70. The Morgan fingerprint density at radius 3 is 0.857 bits per heavy atom. The molecule has 0 bridgehead atoms. The summed E-state index contributed by atoms with van der Waals surface area (Å²) in [5, 5.41) is 201. The van der Waals surface area contributed by atoms with Crippen LogP contribution in [0.1, 0.15) is 299 Å². The molecule has 780 valence electrons. The Morgan fingerprint density at radius 1 is 0.316 bits per heavy atom. The van der Waals surface area contributed by atoms with Crippen molar-refractivity contribution in [1.29, 1.82) is 0 Å². The van der Waals surface area contributed by atoms with E-state index in [1.165, 1.54) is 64.7 Å². The first-order valence-electron chi connectivity index (χ1n) is 49.1. The first-order chi connectivity index (χ1) is 63.4. The number of esters is 4. The Labute approximate surface area is 787 Å². The number of hydrogen-bond donors (Lipinski definition) is 20. The summed E-state index contributed by atoms with van der Waals surface area (Å²) in [4.78, 5) is 49.1. The molecule has 37 heteroatoms. The van der Waals surface area contributed by atoms with Gasteiger partial charge in [0, 0.05) is 45.3 Å². The number of aliphatic hydroxyl groups excluding tert-OH is 20. The number of rotatable bonds is 62. The molecule has 6 saturated heterocycles. The maximum atomic E-state index is 12.6. The van der Waals surface area contributed by atoms with Gasteiger partial charge in [-0.15, -0.1) is 0 Å². The zero-order valence-corrected chi connectivity index (χ0v) is 79.1. The van der Waals surface area contributed by atoms with E-state index >= 15 is 0 Å². The molecule has 0 aliphatic carbocycles. The molecule has 6 rings (SSSR count). The van der Waals surface area contributed by atoms with E-state index in [0.29, 0.717) is 25.9 Å². The molecule has 20 N–H and O–H groups in total. The molecule has 0 saturated carbocycles. The lowest BCUT2D eigenvalue weighted by molar-refractivity contribution is -0.341. The normalized spacial score (nSPS) is 32.9. The van der Waals surface area contributed by atoms with E-state index in [0.717, 1.165) is 154 Å². The molecule has 0 radical (unpaired) electrons. The van der Waals surface area contributed by atoms with Crippen molar-refractivity contribution in [3.63, 3.8) is 0 Å². The van der Waals surface area contributed by atoms with Gasteiger partial charge in [0.25, 0.3) is 0 Å². The summed E-state index contributed by atoms with van der Waals surface area (Å²) in [5.74, 6) is -2.18. The number of unbranched alkanes of at least 4 members (excludes halogenated alkanes) is 29. The Bertz CT molecular complexity index is 3050. The molecular formula is C96H174O37. The summed E-state index contributed by atoms with van der Waals surface area (Å²) >= 11 is 0. The Balaban J connectivity index is 0.000000512. The van der Waals surface area contributed by atoms with E-state index in [1.807, 2.05) is 6.92 Å². The maximum Gasteiger partial charge on any atom is 0.306 e. The van der Waals surface area contributed by atoms with Gasteiger partial charge >= 0.3 is 23.9 Å². The number of carbonyl (C=O) groups excluding carboxylic acids is 4. The van der Waals surface area contributed by atoms with E-state index in [1.54, 1.807) is 20.8 Å². The van der Waals surface area contributed by atoms with E-state index < -0.39 is 247 Å². The average Bonchev–Trinajstić information content (AvgIpc) is 0.800. The first-order valence-corrected chi connectivity index (χ1v) is 49.1. The van der Waals surface area contributed by atoms with E-state index in [-0.39, 0.29) is 45.3 Å². The van der Waals surface area contributed by atoms with Crippen molar-refractivity contribution in [2.24, 2.45) is 5.92 Å². The maximum absolute atomic E-state index is 12.6. The average molecular weight is 1920 g/mol. The standard InChI is InChI=1S/C33H58O13.2C31H56O12.CH4/c1-22-31(28(39)27(38)24(20-35)43-22)46-33-30(41)29(40)32(25(44-33)21-42-23(2)36)45-26(37)18-16-14-12-10-8-6-4-3-5-7-9-11-13-15-17-19-34;1-4-5-11-14-21(19(2)34)15-12-9-7-6-8-10-13-16-24(35)42-30-23(18-33)41-31(28(39)27(30)38)43-29-20(3)40-22(17-32)25(36)26(29)37;1-21-29(26(37)25(36)22(19-33)40-21)43-31-28(39)27(38)30(23(20-34)41-31)42-24(35)17-15-13-11-9-7-5-3-2-4-6-8-10-12-14-16-18-32;/h3-4,22,24-25,27-35,38-41H,5-21H2,1-2H3;12,15,19-23,25-34,36-39H,4-11,13-14,16-18H2,1-3H3;2-3,21-23,25-34,36-39H,4-20H2,1H3;1H4/b4-3+;15-12+;3-2+;/t22-,24?,25?,27+,28-,29+,30?,31?,32+,33-;19?,20-,21?,22?,23?,25+,26-,27+,28?,29?,30+,31-;21-,22?,23?,25+,26-,27+,28?,29?,30+,31-;/m000./s1. The van der Waals surface area contributed by atoms with Crippen molar-refractivity contribution in [3.05, 3.63) is 36.5 Å². The highest BCUT2D eigenvalue weighted by Gasteiger charge is 2.55. The molecule has 32 atom stereocenters. The van der Waals surface area contributed by atoms with Crippen molar-refractivity contribution in [3.8, 4) is 0 Å². The van der Waals surface area contributed by atoms with Crippen LogP contribution in [-0.4, -0.2) is 369 Å². The Hall–Kier alpha value is -4.06. The van der Waals surface area contributed by atoms with Gasteiger partial charge < -0.3 is 164 Å². The second-order valence-corrected chi connectivity index (χ2v) is 36.0. The summed E-state index contributed by atoms with van der Waals surface area (Å²) in [5.41, 5.74) is 0. The molecular weight excluding hydrogens is 1750 g/mol. The molecule has 37 nitrogen and oxygen atoms in total. The van der Waals surface area contributed by atoms with Crippen molar-refractivity contribution in [2.75, 3.05) is 52.9 Å². The monoisotopic (exact) mass is 1920 g/mol. The van der Waals surface area contributed by atoms with Crippen LogP contribution in [0.4, 0.5) is 0 Å². The van der Waals surface area contributed by atoms with Gasteiger partial charge in [0.15, 0.2) is 37.2 Å². The largest absolute Gasteiger partial charge is 0.463 e. The second-order valence-electron chi connectivity index (χ2n) is 36.0.